The van der Waals surface area contributed by atoms with E-state index in [4.69, 9.17) is 11.6 Å². The molecule has 1 amide bonds. The normalized spacial score (nSPS) is 11.3. The highest BCUT2D eigenvalue weighted by Gasteiger charge is 2.20. The predicted octanol–water partition coefficient (Wildman–Crippen LogP) is 3.52. The van der Waals surface area contributed by atoms with Crippen molar-refractivity contribution in [2.45, 2.75) is 25.8 Å². The number of nitrogens with one attached hydrogen (secondary N) is 2. The van der Waals surface area contributed by atoms with Crippen LogP contribution >= 0.6 is 11.6 Å². The Morgan fingerprint density at radius 1 is 1.04 bits per heavy atom. The summed E-state index contributed by atoms with van der Waals surface area (Å²) in [6.07, 6.45) is 0. The minimum Gasteiger partial charge on any atom is -0.354 e. The van der Waals surface area contributed by atoms with E-state index in [1.54, 1.807) is 0 Å². The van der Waals surface area contributed by atoms with Crippen LogP contribution in [0.1, 0.15) is 25.0 Å². The van der Waals surface area contributed by atoms with Crippen LogP contribution in [0.4, 0.5) is 0 Å². The highest BCUT2D eigenvalue weighted by atomic mass is 35.5. The predicted molar refractivity (Wildman–Crippen MR) is 95.6 cm³/mol. The first-order valence-corrected chi connectivity index (χ1v) is 8.12. The van der Waals surface area contributed by atoms with Gasteiger partial charge in [0, 0.05) is 23.5 Å². The van der Waals surface area contributed by atoms with E-state index in [2.05, 4.69) is 36.6 Å². The van der Waals surface area contributed by atoms with Crippen LogP contribution in [0.5, 0.6) is 0 Å². The molecule has 0 radical (unpaired) electrons. The third kappa shape index (κ3) is 5.70. The molecular formula is C19H23ClN2O. The van der Waals surface area contributed by atoms with Gasteiger partial charge in [0.05, 0.1) is 6.54 Å². The number of benzene rings is 2. The second-order valence-corrected chi connectivity index (χ2v) is 6.69. The molecule has 0 bridgehead atoms. The molecule has 2 aromatic carbocycles. The molecule has 0 fully saturated rings. The third-order valence-corrected chi connectivity index (χ3v) is 4.06. The van der Waals surface area contributed by atoms with Gasteiger partial charge in [-0.2, -0.15) is 0 Å². The average Bonchev–Trinajstić information content (AvgIpc) is 2.56. The zero-order valence-electron chi connectivity index (χ0n) is 13.6. The summed E-state index contributed by atoms with van der Waals surface area (Å²) in [6.45, 7) is 5.81. The Hall–Kier alpha value is -1.84. The Labute approximate surface area is 143 Å². The van der Waals surface area contributed by atoms with Crippen LogP contribution in [0.15, 0.2) is 54.6 Å². The van der Waals surface area contributed by atoms with Crippen molar-refractivity contribution in [2.24, 2.45) is 0 Å². The summed E-state index contributed by atoms with van der Waals surface area (Å²) in [4.78, 5) is 12.0. The number of hydrogen-bond donors (Lipinski definition) is 2. The van der Waals surface area contributed by atoms with Crippen molar-refractivity contribution in [3.63, 3.8) is 0 Å². The van der Waals surface area contributed by atoms with Gasteiger partial charge >= 0.3 is 0 Å². The molecule has 0 aliphatic rings. The van der Waals surface area contributed by atoms with Gasteiger partial charge in [-0.15, -0.1) is 0 Å². The molecule has 0 aromatic heterocycles. The van der Waals surface area contributed by atoms with Crippen LogP contribution in [0.25, 0.3) is 0 Å². The molecule has 0 aliphatic heterocycles. The molecule has 2 rings (SSSR count). The lowest BCUT2D eigenvalue weighted by Crippen LogP contribution is -2.40. The first-order valence-electron chi connectivity index (χ1n) is 7.75. The molecule has 0 atom stereocenters. The summed E-state index contributed by atoms with van der Waals surface area (Å²) in [6, 6.07) is 17.8. The fraction of sp³-hybridized carbons (Fsp3) is 0.316. The lowest BCUT2D eigenvalue weighted by Gasteiger charge is -2.25. The quantitative estimate of drug-likeness (QED) is 0.815. The van der Waals surface area contributed by atoms with Crippen molar-refractivity contribution in [3.8, 4) is 0 Å². The summed E-state index contributed by atoms with van der Waals surface area (Å²) in [5, 5.41) is 6.85. The molecule has 2 aromatic rings. The van der Waals surface area contributed by atoms with Crippen molar-refractivity contribution < 1.29 is 4.79 Å². The van der Waals surface area contributed by atoms with Gasteiger partial charge in [0.25, 0.3) is 0 Å². The Bertz CT molecular complexity index is 624. The first-order chi connectivity index (χ1) is 11.0. The molecule has 0 saturated carbocycles. The van der Waals surface area contributed by atoms with Crippen LogP contribution < -0.4 is 10.6 Å². The van der Waals surface area contributed by atoms with Gasteiger partial charge in [-0.25, -0.2) is 0 Å². The molecule has 122 valence electrons. The van der Waals surface area contributed by atoms with E-state index in [9.17, 15) is 4.79 Å². The highest BCUT2D eigenvalue weighted by molar-refractivity contribution is 6.30. The number of carbonyl (C=O) groups excluding carboxylic acids is 1. The van der Waals surface area contributed by atoms with Crippen molar-refractivity contribution in [2.75, 3.05) is 13.1 Å². The SMILES string of the molecule is CC(C)(CNC(=O)CNCc1ccc(Cl)cc1)c1ccccc1. The second kappa shape index (κ2) is 8.14. The van der Waals surface area contributed by atoms with Gasteiger partial charge in [0.15, 0.2) is 0 Å². The summed E-state index contributed by atoms with van der Waals surface area (Å²) < 4.78 is 0. The maximum Gasteiger partial charge on any atom is 0.233 e. The molecule has 4 heteroatoms. The van der Waals surface area contributed by atoms with E-state index in [1.165, 1.54) is 5.56 Å². The number of amides is 1. The molecule has 0 heterocycles. The standard InChI is InChI=1S/C19H23ClN2O/c1-19(2,16-6-4-3-5-7-16)14-22-18(23)13-21-12-15-8-10-17(20)11-9-15/h3-11,21H,12-14H2,1-2H3,(H,22,23). The van der Waals surface area contributed by atoms with Gasteiger partial charge in [-0.05, 0) is 23.3 Å². The number of hydrogen-bond acceptors (Lipinski definition) is 2. The highest BCUT2D eigenvalue weighted by Crippen LogP contribution is 2.21. The zero-order chi connectivity index (χ0) is 16.7. The van der Waals surface area contributed by atoms with Gasteiger partial charge in [-0.1, -0.05) is 67.9 Å². The lowest BCUT2D eigenvalue weighted by atomic mass is 9.84. The van der Waals surface area contributed by atoms with Crippen LogP contribution in [0, 0.1) is 0 Å². The van der Waals surface area contributed by atoms with Crippen LogP contribution in [-0.4, -0.2) is 19.0 Å². The number of halogens is 1. The third-order valence-electron chi connectivity index (χ3n) is 3.81. The minimum atomic E-state index is -0.0902. The van der Waals surface area contributed by atoms with E-state index in [0.717, 1.165) is 10.6 Å². The largest absolute Gasteiger partial charge is 0.354 e. The first kappa shape index (κ1) is 17.5. The Morgan fingerprint density at radius 3 is 2.35 bits per heavy atom. The van der Waals surface area contributed by atoms with Crippen LogP contribution in [-0.2, 0) is 16.8 Å². The molecular weight excluding hydrogens is 308 g/mol. The van der Waals surface area contributed by atoms with Crippen molar-refractivity contribution in [1.82, 2.24) is 10.6 Å². The molecule has 0 spiro atoms. The monoisotopic (exact) mass is 330 g/mol. The lowest BCUT2D eigenvalue weighted by molar-refractivity contribution is -0.120. The van der Waals surface area contributed by atoms with Gasteiger partial charge < -0.3 is 10.6 Å². The summed E-state index contributed by atoms with van der Waals surface area (Å²) in [5.41, 5.74) is 2.23. The maximum atomic E-state index is 12.0. The maximum absolute atomic E-state index is 12.0. The molecule has 23 heavy (non-hydrogen) atoms. The fourth-order valence-electron chi connectivity index (χ4n) is 2.30. The Morgan fingerprint density at radius 2 is 1.70 bits per heavy atom. The molecule has 0 unspecified atom stereocenters. The number of carbonyl (C=O) groups is 1. The number of rotatable bonds is 7. The van der Waals surface area contributed by atoms with Crippen molar-refractivity contribution >= 4 is 17.5 Å². The molecule has 2 N–H and O–H groups in total. The van der Waals surface area contributed by atoms with E-state index >= 15 is 0 Å². The van der Waals surface area contributed by atoms with E-state index in [-0.39, 0.29) is 11.3 Å². The van der Waals surface area contributed by atoms with Crippen molar-refractivity contribution in [3.05, 3.63) is 70.7 Å². The topological polar surface area (TPSA) is 41.1 Å². The summed E-state index contributed by atoms with van der Waals surface area (Å²) in [5.74, 6) is 0.00275. The van der Waals surface area contributed by atoms with E-state index in [1.807, 2.05) is 42.5 Å². The molecule has 0 aliphatic carbocycles. The van der Waals surface area contributed by atoms with E-state index in [0.29, 0.717) is 19.6 Å². The summed E-state index contributed by atoms with van der Waals surface area (Å²) >= 11 is 5.85. The van der Waals surface area contributed by atoms with Crippen molar-refractivity contribution in [1.29, 1.82) is 0 Å². The Balaban J connectivity index is 1.73. The fourth-order valence-corrected chi connectivity index (χ4v) is 2.42. The smallest absolute Gasteiger partial charge is 0.233 e. The van der Waals surface area contributed by atoms with Crippen LogP contribution in [0.3, 0.4) is 0 Å². The summed E-state index contributed by atoms with van der Waals surface area (Å²) in [7, 11) is 0. The van der Waals surface area contributed by atoms with E-state index < -0.39 is 0 Å². The van der Waals surface area contributed by atoms with Gasteiger partial charge in [0.2, 0.25) is 5.91 Å². The van der Waals surface area contributed by atoms with Crippen LogP contribution in [0.2, 0.25) is 5.02 Å². The van der Waals surface area contributed by atoms with Gasteiger partial charge in [-0.3, -0.25) is 4.79 Å². The zero-order valence-corrected chi connectivity index (χ0v) is 14.4. The Kier molecular flexibility index (Phi) is 6.20. The minimum absolute atomic E-state index is 0.00275. The second-order valence-electron chi connectivity index (χ2n) is 6.26. The molecule has 3 nitrogen and oxygen atoms in total. The van der Waals surface area contributed by atoms with Gasteiger partial charge in [0.1, 0.15) is 0 Å². The molecule has 0 saturated heterocycles. The average molecular weight is 331 g/mol.